The highest BCUT2D eigenvalue weighted by Gasteiger charge is 2.21. The number of aromatic nitrogens is 3. The summed E-state index contributed by atoms with van der Waals surface area (Å²) in [6.45, 7) is 1.85. The van der Waals surface area contributed by atoms with Gasteiger partial charge in [-0.25, -0.2) is 4.68 Å². The number of nitrogens with one attached hydrogen (secondary N) is 2. The molecule has 1 aliphatic heterocycles. The number of para-hydroxylation sites is 1. The molecule has 2 N–H and O–H groups in total. The molecule has 7 nitrogen and oxygen atoms in total. The summed E-state index contributed by atoms with van der Waals surface area (Å²) in [4.78, 5) is 17.2. The number of benzene rings is 1. The molecule has 4 rings (SSSR count). The van der Waals surface area contributed by atoms with Crippen molar-refractivity contribution in [2.75, 3.05) is 13.1 Å². The standard InChI is InChI=1S/C19H21N5O2.ClH/c1-24-18-15(7-8-16(22-18)26-14-5-3-2-4-6-14)17(23-24)19(25)21-13-9-11-20-12-10-13;/h2-8,13,20H,9-12H2,1H3,(H,21,25);1H. The number of amides is 1. The van der Waals surface area contributed by atoms with Crippen LogP contribution in [0.2, 0.25) is 0 Å². The number of hydrogen-bond donors (Lipinski definition) is 2. The van der Waals surface area contributed by atoms with Crippen molar-refractivity contribution in [3.63, 3.8) is 0 Å². The number of fused-ring (bicyclic) bond motifs is 1. The monoisotopic (exact) mass is 387 g/mol. The van der Waals surface area contributed by atoms with E-state index in [2.05, 4.69) is 20.7 Å². The van der Waals surface area contributed by atoms with Gasteiger partial charge in [-0.15, -0.1) is 12.4 Å². The van der Waals surface area contributed by atoms with Gasteiger partial charge in [-0.05, 0) is 44.1 Å². The predicted octanol–water partition coefficient (Wildman–Crippen LogP) is 2.66. The summed E-state index contributed by atoms with van der Waals surface area (Å²) in [5.74, 6) is 1.03. The van der Waals surface area contributed by atoms with Gasteiger partial charge >= 0.3 is 0 Å². The third kappa shape index (κ3) is 4.20. The number of nitrogens with zero attached hydrogens (tertiary/aromatic N) is 3. The lowest BCUT2D eigenvalue weighted by Crippen LogP contribution is -2.42. The number of aryl methyl sites for hydroxylation is 1. The second-order valence-electron chi connectivity index (χ2n) is 6.41. The predicted molar refractivity (Wildman–Crippen MR) is 106 cm³/mol. The minimum Gasteiger partial charge on any atom is -0.439 e. The van der Waals surface area contributed by atoms with Gasteiger partial charge in [0.1, 0.15) is 5.75 Å². The van der Waals surface area contributed by atoms with Gasteiger partial charge in [0.2, 0.25) is 5.88 Å². The van der Waals surface area contributed by atoms with Crippen molar-refractivity contribution >= 4 is 29.3 Å². The Bertz CT molecular complexity index is 922. The van der Waals surface area contributed by atoms with Crippen LogP contribution in [0.25, 0.3) is 11.0 Å². The van der Waals surface area contributed by atoms with Gasteiger partial charge in [0.15, 0.2) is 11.3 Å². The van der Waals surface area contributed by atoms with Crippen molar-refractivity contribution in [2.45, 2.75) is 18.9 Å². The molecule has 0 unspecified atom stereocenters. The average Bonchev–Trinajstić information content (AvgIpc) is 3.00. The van der Waals surface area contributed by atoms with Crippen LogP contribution < -0.4 is 15.4 Å². The first-order valence-corrected chi connectivity index (χ1v) is 8.79. The van der Waals surface area contributed by atoms with E-state index in [-0.39, 0.29) is 24.4 Å². The Morgan fingerprint density at radius 2 is 1.93 bits per heavy atom. The molecule has 8 heteroatoms. The minimum absolute atomic E-state index is 0. The van der Waals surface area contributed by atoms with E-state index in [0.29, 0.717) is 23.0 Å². The second-order valence-corrected chi connectivity index (χ2v) is 6.41. The number of carbonyl (C=O) groups is 1. The lowest BCUT2D eigenvalue weighted by molar-refractivity contribution is 0.0925. The van der Waals surface area contributed by atoms with E-state index in [4.69, 9.17) is 4.74 Å². The van der Waals surface area contributed by atoms with Gasteiger partial charge in [-0.1, -0.05) is 18.2 Å². The lowest BCUT2D eigenvalue weighted by Gasteiger charge is -2.23. The fourth-order valence-electron chi connectivity index (χ4n) is 3.17. The lowest BCUT2D eigenvalue weighted by atomic mass is 10.1. The first kappa shape index (κ1) is 19.1. The van der Waals surface area contributed by atoms with Gasteiger partial charge in [-0.2, -0.15) is 10.1 Å². The van der Waals surface area contributed by atoms with Crippen molar-refractivity contribution in [1.29, 1.82) is 0 Å². The van der Waals surface area contributed by atoms with Crippen molar-refractivity contribution in [3.05, 3.63) is 48.2 Å². The zero-order valence-electron chi connectivity index (χ0n) is 15.0. The van der Waals surface area contributed by atoms with E-state index >= 15 is 0 Å². The third-order valence-electron chi connectivity index (χ3n) is 4.52. The van der Waals surface area contributed by atoms with E-state index in [1.807, 2.05) is 36.4 Å². The van der Waals surface area contributed by atoms with Crippen molar-refractivity contribution < 1.29 is 9.53 Å². The molecule has 1 fully saturated rings. The number of hydrogen-bond acceptors (Lipinski definition) is 5. The molecule has 142 valence electrons. The van der Waals surface area contributed by atoms with Gasteiger partial charge in [0, 0.05) is 19.2 Å². The summed E-state index contributed by atoms with van der Waals surface area (Å²) in [5.41, 5.74) is 1.02. The van der Waals surface area contributed by atoms with Gasteiger partial charge < -0.3 is 15.4 Å². The number of rotatable bonds is 4. The highest BCUT2D eigenvalue weighted by molar-refractivity contribution is 6.04. The maximum atomic E-state index is 12.6. The molecular weight excluding hydrogens is 366 g/mol. The van der Waals surface area contributed by atoms with Crippen LogP contribution in [-0.2, 0) is 7.05 Å². The molecule has 0 spiro atoms. The third-order valence-corrected chi connectivity index (χ3v) is 4.52. The maximum Gasteiger partial charge on any atom is 0.272 e. The molecule has 1 aliphatic rings. The Labute approximate surface area is 163 Å². The second kappa shape index (κ2) is 8.37. The zero-order chi connectivity index (χ0) is 17.9. The van der Waals surface area contributed by atoms with Crippen LogP contribution in [0, 0.1) is 0 Å². The molecule has 0 bridgehead atoms. The van der Waals surface area contributed by atoms with E-state index < -0.39 is 0 Å². The van der Waals surface area contributed by atoms with Crippen LogP contribution in [0.5, 0.6) is 11.6 Å². The Morgan fingerprint density at radius 1 is 1.19 bits per heavy atom. The summed E-state index contributed by atoms with van der Waals surface area (Å²) in [6.07, 6.45) is 1.87. The number of pyridine rings is 1. The van der Waals surface area contributed by atoms with Crippen molar-refractivity contribution in [1.82, 2.24) is 25.4 Å². The van der Waals surface area contributed by atoms with Crippen molar-refractivity contribution in [3.8, 4) is 11.6 Å². The maximum absolute atomic E-state index is 12.6. The summed E-state index contributed by atoms with van der Waals surface area (Å²) in [5, 5.41) is 11.5. The minimum atomic E-state index is -0.152. The first-order valence-electron chi connectivity index (χ1n) is 8.79. The van der Waals surface area contributed by atoms with Crippen molar-refractivity contribution in [2.24, 2.45) is 7.05 Å². The van der Waals surface area contributed by atoms with E-state index in [1.54, 1.807) is 17.8 Å². The van der Waals surface area contributed by atoms with Crippen LogP contribution in [0.15, 0.2) is 42.5 Å². The quantitative estimate of drug-likeness (QED) is 0.719. The summed E-state index contributed by atoms with van der Waals surface area (Å²) in [7, 11) is 1.78. The Kier molecular flexibility index (Phi) is 5.93. The Morgan fingerprint density at radius 3 is 2.67 bits per heavy atom. The highest BCUT2D eigenvalue weighted by atomic mass is 35.5. The number of carbonyl (C=O) groups excluding carboxylic acids is 1. The molecule has 0 radical (unpaired) electrons. The summed E-state index contributed by atoms with van der Waals surface area (Å²) >= 11 is 0. The van der Waals surface area contributed by atoms with E-state index in [0.717, 1.165) is 31.3 Å². The van der Waals surface area contributed by atoms with Crippen LogP contribution >= 0.6 is 12.4 Å². The molecule has 2 aromatic heterocycles. The molecule has 0 aliphatic carbocycles. The number of piperidine rings is 1. The smallest absolute Gasteiger partial charge is 0.272 e. The molecular formula is C19H22ClN5O2. The molecule has 3 aromatic rings. The summed E-state index contributed by atoms with van der Waals surface area (Å²) in [6, 6.07) is 13.3. The molecule has 0 atom stereocenters. The highest BCUT2D eigenvalue weighted by Crippen LogP contribution is 2.24. The van der Waals surface area contributed by atoms with Gasteiger partial charge in [-0.3, -0.25) is 4.79 Å². The molecule has 1 amide bonds. The molecule has 0 saturated carbocycles. The fraction of sp³-hybridized carbons (Fsp3) is 0.316. The van der Waals surface area contributed by atoms with E-state index in [1.165, 1.54) is 0 Å². The summed E-state index contributed by atoms with van der Waals surface area (Å²) < 4.78 is 7.39. The fourth-order valence-corrected chi connectivity index (χ4v) is 3.17. The molecule has 3 heterocycles. The van der Waals surface area contributed by atoms with Gasteiger partial charge in [0.05, 0.1) is 5.39 Å². The SMILES string of the molecule is Cl.Cn1nc(C(=O)NC2CCNCC2)c2ccc(Oc3ccccc3)nc21. The number of ether oxygens (including phenoxy) is 1. The molecule has 1 saturated heterocycles. The Hall–Kier alpha value is -2.64. The van der Waals surface area contributed by atoms with Crippen LogP contribution in [-0.4, -0.2) is 39.8 Å². The van der Waals surface area contributed by atoms with Gasteiger partial charge in [0.25, 0.3) is 5.91 Å². The molecule has 27 heavy (non-hydrogen) atoms. The first-order chi connectivity index (χ1) is 12.7. The normalized spacial score (nSPS) is 14.6. The Balaban J connectivity index is 0.00000210. The van der Waals surface area contributed by atoms with E-state index in [9.17, 15) is 4.79 Å². The topological polar surface area (TPSA) is 81.1 Å². The largest absolute Gasteiger partial charge is 0.439 e. The van der Waals surface area contributed by atoms with Crippen LogP contribution in [0.4, 0.5) is 0 Å². The zero-order valence-corrected chi connectivity index (χ0v) is 15.8. The number of halogens is 1. The van der Waals surface area contributed by atoms with Crippen LogP contribution in [0.3, 0.4) is 0 Å². The molecule has 1 aromatic carbocycles. The average molecular weight is 388 g/mol. The van der Waals surface area contributed by atoms with Crippen LogP contribution in [0.1, 0.15) is 23.3 Å².